The smallest absolute Gasteiger partial charge is 0.252 e. The van der Waals surface area contributed by atoms with Gasteiger partial charge in [0.2, 0.25) is 0 Å². The second kappa shape index (κ2) is 7.32. The molecule has 4 nitrogen and oxygen atoms in total. The van der Waals surface area contributed by atoms with Crippen molar-refractivity contribution in [3.63, 3.8) is 0 Å². The van der Waals surface area contributed by atoms with Gasteiger partial charge in [-0.05, 0) is 18.6 Å². The minimum Gasteiger partial charge on any atom is -0.497 e. The van der Waals surface area contributed by atoms with E-state index in [-0.39, 0.29) is 11.9 Å². The molecule has 0 aromatic heterocycles. The second-order valence-electron chi connectivity index (χ2n) is 4.08. The molecule has 1 rings (SSSR count). The van der Waals surface area contributed by atoms with E-state index in [1.807, 2.05) is 6.92 Å². The maximum Gasteiger partial charge on any atom is 0.252 e. The van der Waals surface area contributed by atoms with Crippen LogP contribution in [-0.2, 0) is 0 Å². The van der Waals surface area contributed by atoms with E-state index in [2.05, 4.69) is 11.2 Å². The van der Waals surface area contributed by atoms with Crippen LogP contribution in [0.15, 0.2) is 18.2 Å². The Balaban J connectivity index is 2.89. The zero-order chi connectivity index (χ0) is 14.3. The molecule has 0 bridgehead atoms. The van der Waals surface area contributed by atoms with Gasteiger partial charge >= 0.3 is 0 Å². The van der Waals surface area contributed by atoms with Crippen molar-refractivity contribution in [2.75, 3.05) is 14.2 Å². The lowest BCUT2D eigenvalue weighted by Crippen LogP contribution is -2.33. The standard InChI is InChI=1S/C15H19NO3/c1-5-7-12(6-2)16-15(17)11-8-13(18-3)10-14(9-11)19-4/h2,8-10,12H,5,7H2,1,3-4H3,(H,16,17). The predicted octanol–water partition coefficient (Wildman–Crippen LogP) is 2.24. The molecule has 0 aliphatic carbocycles. The first-order valence-electron chi connectivity index (χ1n) is 6.14. The predicted molar refractivity (Wildman–Crippen MR) is 74.5 cm³/mol. The lowest BCUT2D eigenvalue weighted by molar-refractivity contribution is 0.0943. The average molecular weight is 261 g/mol. The summed E-state index contributed by atoms with van der Waals surface area (Å²) in [6, 6.07) is 4.76. The van der Waals surface area contributed by atoms with Crippen LogP contribution in [0.25, 0.3) is 0 Å². The molecule has 1 amide bonds. The molecule has 4 heteroatoms. The van der Waals surface area contributed by atoms with Gasteiger partial charge in [-0.2, -0.15) is 0 Å². The van der Waals surface area contributed by atoms with Gasteiger partial charge in [-0.1, -0.05) is 19.3 Å². The van der Waals surface area contributed by atoms with Crippen LogP contribution in [0.5, 0.6) is 11.5 Å². The summed E-state index contributed by atoms with van der Waals surface area (Å²) in [5.74, 6) is 3.47. The van der Waals surface area contributed by atoms with Gasteiger partial charge < -0.3 is 14.8 Å². The Hall–Kier alpha value is -2.15. The van der Waals surface area contributed by atoms with Crippen molar-refractivity contribution in [1.29, 1.82) is 0 Å². The van der Waals surface area contributed by atoms with Gasteiger partial charge in [-0.15, -0.1) is 6.42 Å². The molecule has 0 spiro atoms. The van der Waals surface area contributed by atoms with E-state index >= 15 is 0 Å². The summed E-state index contributed by atoms with van der Waals surface area (Å²) in [4.78, 5) is 12.1. The molecule has 0 aliphatic heterocycles. The molecule has 1 aromatic carbocycles. The molecule has 1 N–H and O–H groups in total. The highest BCUT2D eigenvalue weighted by molar-refractivity contribution is 5.95. The third kappa shape index (κ3) is 4.22. The van der Waals surface area contributed by atoms with Gasteiger partial charge in [-0.3, -0.25) is 4.79 Å². The third-order valence-corrected chi connectivity index (χ3v) is 2.70. The highest BCUT2D eigenvalue weighted by Gasteiger charge is 2.13. The fraction of sp³-hybridized carbons (Fsp3) is 0.400. The summed E-state index contributed by atoms with van der Waals surface area (Å²) in [6.07, 6.45) is 7.05. The number of benzene rings is 1. The fourth-order valence-electron chi connectivity index (χ4n) is 1.67. The number of carbonyl (C=O) groups excluding carboxylic acids is 1. The van der Waals surface area contributed by atoms with E-state index < -0.39 is 0 Å². The molecule has 0 saturated carbocycles. The Kier molecular flexibility index (Phi) is 5.74. The summed E-state index contributed by atoms with van der Waals surface area (Å²) in [5.41, 5.74) is 0.465. The molecule has 19 heavy (non-hydrogen) atoms. The van der Waals surface area contributed by atoms with E-state index in [1.165, 1.54) is 14.2 Å². The molecule has 0 radical (unpaired) electrons. The summed E-state index contributed by atoms with van der Waals surface area (Å²) < 4.78 is 10.3. The largest absolute Gasteiger partial charge is 0.497 e. The van der Waals surface area contributed by atoms with Crippen LogP contribution in [0, 0.1) is 12.3 Å². The number of nitrogens with one attached hydrogen (secondary N) is 1. The Labute approximate surface area is 114 Å². The number of methoxy groups -OCH3 is 2. The lowest BCUT2D eigenvalue weighted by Gasteiger charge is -2.13. The van der Waals surface area contributed by atoms with Crippen LogP contribution < -0.4 is 14.8 Å². The van der Waals surface area contributed by atoms with Crippen LogP contribution in [-0.4, -0.2) is 26.2 Å². The van der Waals surface area contributed by atoms with Gasteiger partial charge in [0.05, 0.1) is 20.3 Å². The second-order valence-corrected chi connectivity index (χ2v) is 4.08. The SMILES string of the molecule is C#CC(CCC)NC(=O)c1cc(OC)cc(OC)c1. The summed E-state index contributed by atoms with van der Waals surface area (Å²) in [7, 11) is 3.08. The van der Waals surface area contributed by atoms with Crippen molar-refractivity contribution in [2.24, 2.45) is 0 Å². The number of carbonyl (C=O) groups is 1. The number of rotatable bonds is 6. The van der Waals surface area contributed by atoms with Crippen LogP contribution in [0.4, 0.5) is 0 Å². The average Bonchev–Trinajstić information content (AvgIpc) is 2.45. The van der Waals surface area contributed by atoms with E-state index in [1.54, 1.807) is 18.2 Å². The van der Waals surface area contributed by atoms with Crippen molar-refractivity contribution in [3.8, 4) is 23.8 Å². The van der Waals surface area contributed by atoms with Crippen molar-refractivity contribution in [1.82, 2.24) is 5.32 Å². The zero-order valence-electron chi connectivity index (χ0n) is 11.5. The zero-order valence-corrected chi connectivity index (χ0v) is 11.5. The van der Waals surface area contributed by atoms with Crippen molar-refractivity contribution in [3.05, 3.63) is 23.8 Å². The van der Waals surface area contributed by atoms with E-state index in [9.17, 15) is 4.79 Å². The number of hydrogen-bond acceptors (Lipinski definition) is 3. The molecule has 0 heterocycles. The van der Waals surface area contributed by atoms with E-state index in [0.29, 0.717) is 17.1 Å². The van der Waals surface area contributed by atoms with Gasteiger partial charge in [0.15, 0.2) is 0 Å². The van der Waals surface area contributed by atoms with E-state index in [4.69, 9.17) is 15.9 Å². The van der Waals surface area contributed by atoms with Crippen molar-refractivity contribution in [2.45, 2.75) is 25.8 Å². The highest BCUT2D eigenvalue weighted by Crippen LogP contribution is 2.22. The van der Waals surface area contributed by atoms with Gasteiger partial charge in [0.25, 0.3) is 5.91 Å². The van der Waals surface area contributed by atoms with Crippen LogP contribution in [0.2, 0.25) is 0 Å². The summed E-state index contributed by atoms with van der Waals surface area (Å²) >= 11 is 0. The minimum absolute atomic E-state index is 0.228. The molecule has 1 unspecified atom stereocenters. The molecular weight excluding hydrogens is 242 g/mol. The van der Waals surface area contributed by atoms with Crippen molar-refractivity contribution >= 4 is 5.91 Å². The maximum absolute atomic E-state index is 12.1. The Morgan fingerprint density at radius 1 is 1.32 bits per heavy atom. The molecule has 102 valence electrons. The van der Waals surface area contributed by atoms with Gasteiger partial charge in [0, 0.05) is 11.6 Å². The molecule has 1 aromatic rings. The van der Waals surface area contributed by atoms with Crippen molar-refractivity contribution < 1.29 is 14.3 Å². The van der Waals surface area contributed by atoms with Gasteiger partial charge in [0.1, 0.15) is 11.5 Å². The summed E-state index contributed by atoms with van der Waals surface area (Å²) in [5, 5.41) is 2.80. The third-order valence-electron chi connectivity index (χ3n) is 2.70. The topological polar surface area (TPSA) is 47.6 Å². The first-order chi connectivity index (χ1) is 9.14. The Bertz CT molecular complexity index is 455. The Morgan fingerprint density at radius 2 is 1.89 bits per heavy atom. The molecule has 0 saturated heterocycles. The monoisotopic (exact) mass is 261 g/mol. The Morgan fingerprint density at radius 3 is 2.32 bits per heavy atom. The first kappa shape index (κ1) is 14.9. The molecule has 1 atom stereocenters. The normalized spacial score (nSPS) is 11.3. The lowest BCUT2D eigenvalue weighted by atomic mass is 10.1. The highest BCUT2D eigenvalue weighted by atomic mass is 16.5. The first-order valence-corrected chi connectivity index (χ1v) is 6.14. The molecule has 0 fully saturated rings. The fourth-order valence-corrected chi connectivity index (χ4v) is 1.67. The van der Waals surface area contributed by atoms with Gasteiger partial charge in [-0.25, -0.2) is 0 Å². The van der Waals surface area contributed by atoms with Crippen LogP contribution in [0.1, 0.15) is 30.1 Å². The van der Waals surface area contributed by atoms with E-state index in [0.717, 1.165) is 12.8 Å². The number of hydrogen-bond donors (Lipinski definition) is 1. The summed E-state index contributed by atoms with van der Waals surface area (Å²) in [6.45, 7) is 2.02. The maximum atomic E-state index is 12.1. The van der Waals surface area contributed by atoms with Crippen LogP contribution >= 0.6 is 0 Å². The van der Waals surface area contributed by atoms with Crippen LogP contribution in [0.3, 0.4) is 0 Å². The molecular formula is C15H19NO3. The number of terminal acetylenes is 1. The number of amides is 1. The molecule has 0 aliphatic rings. The quantitative estimate of drug-likeness (QED) is 0.799. The minimum atomic E-state index is -0.255. The number of ether oxygens (including phenoxy) is 2.